The maximum Gasteiger partial charge on any atom is 0.416 e. The SMILES string of the molecule is COC(=O)CNC(=O)C1CC2CC(c3ccc(CCCOc4c(F)ccc(F)c4Cl)cc3)=C(C(=O)N(Cc3ccc(OC)c(C)c3)C3CC3)C(C1)N2C(=O)Oc1cccc(CON(O)O)c1. The number of nitrogens with zero attached hydrogens (tertiary/aromatic N) is 3. The fourth-order valence-electron chi connectivity index (χ4n) is 8.66. The summed E-state index contributed by atoms with van der Waals surface area (Å²) in [5, 5.41) is 19.9. The second-order valence-corrected chi connectivity index (χ2v) is 16.8. The number of hydrogen-bond acceptors (Lipinski definition) is 12. The van der Waals surface area contributed by atoms with Crippen molar-refractivity contribution in [2.45, 2.75) is 83.1 Å². The van der Waals surface area contributed by atoms with Crippen molar-refractivity contribution in [3.05, 3.63) is 129 Å². The lowest BCUT2D eigenvalue weighted by molar-refractivity contribution is -0.497. The van der Waals surface area contributed by atoms with E-state index in [4.69, 9.17) is 45.8 Å². The first-order valence-corrected chi connectivity index (χ1v) is 21.9. The van der Waals surface area contributed by atoms with Crippen LogP contribution >= 0.6 is 11.6 Å². The Hall–Kier alpha value is -6.11. The van der Waals surface area contributed by atoms with E-state index in [2.05, 4.69) is 5.32 Å². The first-order valence-electron chi connectivity index (χ1n) is 21.5. The van der Waals surface area contributed by atoms with Gasteiger partial charge >= 0.3 is 12.1 Å². The second kappa shape index (κ2) is 21.5. The van der Waals surface area contributed by atoms with E-state index in [1.807, 2.05) is 54.3 Å². The summed E-state index contributed by atoms with van der Waals surface area (Å²) in [6, 6.07) is 20.0. The van der Waals surface area contributed by atoms with Crippen LogP contribution in [0.15, 0.2) is 84.4 Å². The Bertz CT molecular complexity index is 2470. The summed E-state index contributed by atoms with van der Waals surface area (Å²) in [6.07, 6.45) is 2.18. The Morgan fingerprint density at radius 2 is 1.65 bits per heavy atom. The fourth-order valence-corrected chi connectivity index (χ4v) is 8.87. The minimum atomic E-state index is -0.948. The quantitative estimate of drug-likeness (QED) is 0.0384. The van der Waals surface area contributed by atoms with E-state index in [1.165, 1.54) is 18.1 Å². The van der Waals surface area contributed by atoms with Crippen molar-refractivity contribution in [3.8, 4) is 17.2 Å². The summed E-state index contributed by atoms with van der Waals surface area (Å²) in [5.41, 5.74) is 4.96. The molecule has 3 aliphatic rings. The molecule has 3 unspecified atom stereocenters. The van der Waals surface area contributed by atoms with Crippen molar-refractivity contribution >= 4 is 41.1 Å². The highest BCUT2D eigenvalue weighted by molar-refractivity contribution is 6.32. The van der Waals surface area contributed by atoms with Crippen LogP contribution in [-0.4, -0.2) is 95.0 Å². The number of hydrogen-bond donors (Lipinski definition) is 3. The molecule has 2 bridgehead atoms. The minimum Gasteiger partial charge on any atom is -0.496 e. The number of carbonyl (C=O) groups excluding carboxylic acids is 4. The largest absolute Gasteiger partial charge is 0.496 e. The van der Waals surface area contributed by atoms with Crippen LogP contribution in [0, 0.1) is 24.5 Å². The number of ether oxygens (including phenoxy) is 4. The van der Waals surface area contributed by atoms with Gasteiger partial charge in [0.2, 0.25) is 5.91 Å². The molecule has 66 heavy (non-hydrogen) atoms. The van der Waals surface area contributed by atoms with Crippen LogP contribution in [-0.2, 0) is 43.5 Å². The van der Waals surface area contributed by atoms with Crippen LogP contribution in [0.2, 0.25) is 5.02 Å². The molecular formula is C48H51ClF2N4O11. The van der Waals surface area contributed by atoms with Gasteiger partial charge in [-0.05, 0) is 116 Å². The molecule has 0 spiro atoms. The van der Waals surface area contributed by atoms with E-state index in [9.17, 15) is 23.2 Å². The van der Waals surface area contributed by atoms with Gasteiger partial charge in [0.25, 0.3) is 5.91 Å². The van der Waals surface area contributed by atoms with Gasteiger partial charge in [0.1, 0.15) is 28.9 Å². The number of nitrogens with one attached hydrogen (secondary N) is 1. The van der Waals surface area contributed by atoms with Gasteiger partial charge in [0, 0.05) is 30.1 Å². The van der Waals surface area contributed by atoms with Gasteiger partial charge in [0.15, 0.2) is 11.6 Å². The molecule has 350 valence electrons. The Morgan fingerprint density at radius 3 is 2.35 bits per heavy atom. The summed E-state index contributed by atoms with van der Waals surface area (Å²) in [6.45, 7) is 1.67. The van der Waals surface area contributed by atoms with Crippen molar-refractivity contribution < 1.29 is 62.2 Å². The molecule has 15 nitrogen and oxygen atoms in total. The number of benzene rings is 4. The third-order valence-corrected chi connectivity index (χ3v) is 12.4. The number of carbonyl (C=O) groups is 4. The van der Waals surface area contributed by atoms with Gasteiger partial charge in [-0.3, -0.25) is 29.7 Å². The minimum absolute atomic E-state index is 0.0358. The van der Waals surface area contributed by atoms with Crippen LogP contribution in [0.1, 0.15) is 66.3 Å². The molecule has 18 heteroatoms. The number of piperidine rings is 1. The summed E-state index contributed by atoms with van der Waals surface area (Å²) in [5.74, 6) is -3.09. The molecule has 7 rings (SSSR count). The van der Waals surface area contributed by atoms with Crippen molar-refractivity contribution in [3.63, 3.8) is 0 Å². The molecule has 0 radical (unpaired) electrons. The van der Waals surface area contributed by atoms with Crippen LogP contribution in [0.25, 0.3) is 5.57 Å². The van der Waals surface area contributed by atoms with E-state index in [0.29, 0.717) is 35.3 Å². The van der Waals surface area contributed by atoms with E-state index < -0.39 is 58.0 Å². The van der Waals surface area contributed by atoms with Crippen molar-refractivity contribution in [2.24, 2.45) is 5.92 Å². The number of methoxy groups -OCH3 is 2. The van der Waals surface area contributed by atoms with E-state index in [-0.39, 0.29) is 69.0 Å². The van der Waals surface area contributed by atoms with E-state index in [0.717, 1.165) is 47.2 Å². The normalized spacial score (nSPS) is 17.9. The number of amides is 3. The number of aryl methyl sites for hydroxylation is 2. The lowest BCUT2D eigenvalue weighted by Crippen LogP contribution is -2.60. The Kier molecular flexibility index (Phi) is 15.6. The monoisotopic (exact) mass is 932 g/mol. The molecule has 4 aromatic carbocycles. The van der Waals surface area contributed by atoms with Crippen molar-refractivity contribution in [1.29, 1.82) is 0 Å². The predicted octanol–water partition coefficient (Wildman–Crippen LogP) is 7.74. The molecule has 2 fully saturated rings. The third kappa shape index (κ3) is 11.5. The van der Waals surface area contributed by atoms with Crippen LogP contribution in [0.4, 0.5) is 13.6 Å². The van der Waals surface area contributed by atoms with Gasteiger partial charge in [-0.1, -0.05) is 60.1 Å². The first-order chi connectivity index (χ1) is 31.7. The molecule has 3 N–H and O–H groups in total. The molecule has 2 aliphatic heterocycles. The average molecular weight is 933 g/mol. The maximum atomic E-state index is 15.5. The highest BCUT2D eigenvalue weighted by Crippen LogP contribution is 2.46. The molecule has 4 aromatic rings. The van der Waals surface area contributed by atoms with Gasteiger partial charge in [-0.25, -0.2) is 18.4 Å². The smallest absolute Gasteiger partial charge is 0.416 e. The number of fused-ring (bicyclic) bond motifs is 2. The van der Waals surface area contributed by atoms with Gasteiger partial charge in [-0.2, -0.15) is 0 Å². The lowest BCUT2D eigenvalue weighted by Gasteiger charge is -2.49. The number of esters is 1. The summed E-state index contributed by atoms with van der Waals surface area (Å²) in [4.78, 5) is 64.0. The molecule has 1 saturated carbocycles. The highest BCUT2D eigenvalue weighted by Gasteiger charge is 2.50. The van der Waals surface area contributed by atoms with E-state index >= 15 is 4.79 Å². The number of rotatable bonds is 18. The van der Waals surface area contributed by atoms with Crippen molar-refractivity contribution in [1.82, 2.24) is 20.5 Å². The van der Waals surface area contributed by atoms with Crippen molar-refractivity contribution in [2.75, 3.05) is 27.4 Å². The maximum absolute atomic E-state index is 15.5. The molecule has 3 atom stereocenters. The molecule has 3 amide bonds. The number of halogens is 3. The second-order valence-electron chi connectivity index (χ2n) is 16.5. The predicted molar refractivity (Wildman–Crippen MR) is 234 cm³/mol. The first kappa shape index (κ1) is 47.8. The summed E-state index contributed by atoms with van der Waals surface area (Å²) >= 11 is 5.93. The zero-order valence-corrected chi connectivity index (χ0v) is 37.4. The zero-order chi connectivity index (χ0) is 47.1. The zero-order valence-electron chi connectivity index (χ0n) is 36.6. The third-order valence-electron chi connectivity index (χ3n) is 12.0. The molecule has 1 saturated heterocycles. The standard InChI is InChI=1S/C48H51ClF2N4O11/c1-28-20-30(11-18-41(28)62-2)26-53(34-14-15-34)47(58)43-37(32-12-9-29(10-13-32)7-5-19-64-45-39(51)17-16-38(50)44(45)49)24-35-22-33(46(57)52-25-42(56)63-3)23-40(43)54(35)48(59)66-36-8-4-6-31(21-36)27-65-55(60)61/h4,6,8-13,16-18,20-21,33-35,40,60-61H,5,7,14-15,19,22-27H2,1-3H3,(H,52,57). The Balaban J connectivity index is 1.23. The van der Waals surface area contributed by atoms with Gasteiger partial charge < -0.3 is 29.2 Å². The lowest BCUT2D eigenvalue weighted by atomic mass is 9.73. The summed E-state index contributed by atoms with van der Waals surface area (Å²) in [7, 11) is 2.81. The van der Waals surface area contributed by atoms with Crippen LogP contribution < -0.4 is 19.5 Å². The molecule has 0 aromatic heterocycles. The Labute approximate surface area is 385 Å². The fraction of sp³-hybridized carbons (Fsp3) is 0.375. The van der Waals surface area contributed by atoms with Gasteiger partial charge in [-0.15, -0.1) is 0 Å². The molecular weight excluding hydrogens is 882 g/mol. The van der Waals surface area contributed by atoms with Crippen LogP contribution in [0.3, 0.4) is 0 Å². The summed E-state index contributed by atoms with van der Waals surface area (Å²) < 4.78 is 50.0. The van der Waals surface area contributed by atoms with E-state index in [1.54, 1.807) is 25.3 Å². The average Bonchev–Trinajstić information content (AvgIpc) is 4.15. The van der Waals surface area contributed by atoms with Gasteiger partial charge in [0.05, 0.1) is 38.9 Å². The highest BCUT2D eigenvalue weighted by atomic mass is 35.5. The Morgan fingerprint density at radius 1 is 0.909 bits per heavy atom. The topological polar surface area (TPSA) is 177 Å². The van der Waals surface area contributed by atoms with Crippen LogP contribution in [0.5, 0.6) is 17.2 Å². The molecule has 2 heterocycles. The molecule has 1 aliphatic carbocycles.